The van der Waals surface area contributed by atoms with Crippen molar-refractivity contribution in [2.24, 2.45) is 5.92 Å². The van der Waals surface area contributed by atoms with Crippen LogP contribution in [-0.2, 0) is 21.5 Å². The van der Waals surface area contributed by atoms with Crippen LogP contribution in [0.5, 0.6) is 0 Å². The smallest absolute Gasteiger partial charge is 0.416 e. The molecule has 0 unspecified atom stereocenters. The molecule has 2 aromatic carbocycles. The number of thiophene rings is 1. The molecule has 0 fully saturated rings. The third kappa shape index (κ3) is 8.61. The Kier molecular flexibility index (Phi) is 9.71. The molecule has 194 valence electrons. The monoisotopic (exact) mass is 547 g/mol. The van der Waals surface area contributed by atoms with Crippen molar-refractivity contribution in [3.05, 3.63) is 98.9 Å². The number of carboxylic acids is 1. The minimum atomic E-state index is -4.54. The van der Waals surface area contributed by atoms with Gasteiger partial charge in [-0.25, -0.2) is 0 Å². The summed E-state index contributed by atoms with van der Waals surface area (Å²) in [7, 11) is 0. The highest BCUT2D eigenvalue weighted by Gasteiger charge is 2.30. The van der Waals surface area contributed by atoms with Gasteiger partial charge in [-0.05, 0) is 55.0 Å². The van der Waals surface area contributed by atoms with Crippen molar-refractivity contribution >= 4 is 46.8 Å². The number of carbonyl (C=O) groups is 3. The molecule has 0 radical (unpaired) electrons. The second-order valence-corrected chi connectivity index (χ2v) is 10.5. The number of halogens is 3. The van der Waals surface area contributed by atoms with Crippen LogP contribution in [0.15, 0.2) is 72.4 Å². The molecule has 10 heteroatoms. The fourth-order valence-corrected chi connectivity index (χ4v) is 5.22. The number of rotatable bonds is 11. The highest BCUT2D eigenvalue weighted by molar-refractivity contribution is 7.98. The molecule has 0 saturated carbocycles. The van der Waals surface area contributed by atoms with Gasteiger partial charge in [-0.15, -0.1) is 11.3 Å². The van der Waals surface area contributed by atoms with Crippen LogP contribution in [-0.4, -0.2) is 28.5 Å². The zero-order valence-corrected chi connectivity index (χ0v) is 21.4. The third-order valence-corrected chi connectivity index (χ3v) is 7.41. The highest BCUT2D eigenvalue weighted by Crippen LogP contribution is 2.29. The number of carboxylic acid groups (broad SMARTS) is 1. The van der Waals surface area contributed by atoms with Crippen LogP contribution < -0.4 is 5.32 Å². The molecule has 5 nitrogen and oxygen atoms in total. The lowest BCUT2D eigenvalue weighted by molar-refractivity contribution is -0.142. The van der Waals surface area contributed by atoms with Gasteiger partial charge in [-0.1, -0.05) is 30.3 Å². The lowest BCUT2D eigenvalue weighted by Gasteiger charge is -2.14. The molecule has 0 spiro atoms. The van der Waals surface area contributed by atoms with E-state index in [1.54, 1.807) is 6.07 Å². The summed E-state index contributed by atoms with van der Waals surface area (Å²) in [6.45, 7) is 1.87. The summed E-state index contributed by atoms with van der Waals surface area (Å²) in [6.07, 6.45) is -3.43. The maximum atomic E-state index is 13.2. The molecule has 37 heavy (non-hydrogen) atoms. The first-order valence-electron chi connectivity index (χ1n) is 11.2. The molecule has 0 aliphatic carbocycles. The molecule has 1 amide bonds. The van der Waals surface area contributed by atoms with Gasteiger partial charge in [0.15, 0.2) is 5.78 Å². The minimum absolute atomic E-state index is 0.0674. The van der Waals surface area contributed by atoms with Crippen LogP contribution in [0.1, 0.15) is 37.7 Å². The van der Waals surface area contributed by atoms with E-state index in [1.165, 1.54) is 29.2 Å². The van der Waals surface area contributed by atoms with Gasteiger partial charge in [0.25, 0.3) is 5.91 Å². The summed E-state index contributed by atoms with van der Waals surface area (Å²) in [5.74, 6) is -2.70. The normalized spacial score (nSPS) is 12.7. The molecule has 0 aliphatic heterocycles. The lowest BCUT2D eigenvalue weighted by atomic mass is 10.0. The fraction of sp³-hybridized carbons (Fsp3) is 0.222. The maximum absolute atomic E-state index is 13.2. The number of benzene rings is 2. The number of ketones is 1. The SMILES string of the molecule is Cc1ccc(/C=C(/NC(=O)c2ccc(C(F)(F)F)cc2)C(=O)C[C@@H](CSCc2ccccc2)C(=O)O)s1. The first-order chi connectivity index (χ1) is 17.5. The predicted octanol–water partition coefficient (Wildman–Crippen LogP) is 6.44. The van der Waals surface area contributed by atoms with Gasteiger partial charge in [0.2, 0.25) is 0 Å². The quantitative estimate of drug-likeness (QED) is 0.270. The Hall–Kier alpha value is -3.37. The van der Waals surface area contributed by atoms with Crippen LogP contribution in [0.2, 0.25) is 0 Å². The number of aryl methyl sites for hydroxylation is 1. The summed E-state index contributed by atoms with van der Waals surface area (Å²) >= 11 is 2.76. The Labute approximate surface area is 220 Å². The Morgan fingerprint density at radius 2 is 1.70 bits per heavy atom. The molecule has 1 atom stereocenters. The van der Waals surface area contributed by atoms with Crippen molar-refractivity contribution < 1.29 is 32.7 Å². The molecular weight excluding hydrogens is 523 g/mol. The Morgan fingerprint density at radius 3 is 2.27 bits per heavy atom. The molecule has 0 aliphatic rings. The van der Waals surface area contributed by atoms with Gasteiger partial charge in [-0.3, -0.25) is 14.4 Å². The van der Waals surface area contributed by atoms with Crippen molar-refractivity contribution in [1.29, 1.82) is 0 Å². The summed E-state index contributed by atoms with van der Waals surface area (Å²) in [5.41, 5.74) is -0.0593. The van der Waals surface area contributed by atoms with E-state index >= 15 is 0 Å². The second kappa shape index (κ2) is 12.7. The molecule has 0 saturated heterocycles. The molecule has 1 heterocycles. The number of aliphatic carboxylic acids is 1. The van der Waals surface area contributed by atoms with Crippen molar-refractivity contribution in [3.63, 3.8) is 0 Å². The predicted molar refractivity (Wildman–Crippen MR) is 139 cm³/mol. The number of Topliss-reactive ketones (excluding diaryl/α,β-unsaturated/α-hetero) is 1. The average Bonchev–Trinajstić information content (AvgIpc) is 3.27. The van der Waals surface area contributed by atoms with Crippen LogP contribution in [0.25, 0.3) is 6.08 Å². The van der Waals surface area contributed by atoms with E-state index in [2.05, 4.69) is 5.32 Å². The topological polar surface area (TPSA) is 83.5 Å². The van der Waals surface area contributed by atoms with Crippen LogP contribution in [0.4, 0.5) is 13.2 Å². The number of hydrogen-bond donors (Lipinski definition) is 2. The molecule has 3 aromatic rings. The van der Waals surface area contributed by atoms with E-state index in [-0.39, 0.29) is 23.4 Å². The number of hydrogen-bond acceptors (Lipinski definition) is 5. The number of nitrogens with one attached hydrogen (secondary N) is 1. The number of amides is 1. The van der Waals surface area contributed by atoms with Crippen molar-refractivity contribution in [2.75, 3.05) is 5.75 Å². The molecular formula is C27H24F3NO4S2. The van der Waals surface area contributed by atoms with E-state index in [0.717, 1.165) is 34.7 Å². The lowest BCUT2D eigenvalue weighted by Crippen LogP contribution is -2.30. The van der Waals surface area contributed by atoms with E-state index < -0.39 is 35.3 Å². The zero-order valence-electron chi connectivity index (χ0n) is 19.7. The van der Waals surface area contributed by atoms with Gasteiger partial charge >= 0.3 is 12.1 Å². The first-order valence-corrected chi connectivity index (χ1v) is 13.1. The highest BCUT2D eigenvalue weighted by atomic mass is 32.2. The molecule has 2 N–H and O–H groups in total. The number of carbonyl (C=O) groups excluding carboxylic acids is 2. The van der Waals surface area contributed by atoms with Gasteiger partial charge in [-0.2, -0.15) is 24.9 Å². The standard InChI is InChI=1S/C27H24F3NO4S2/c1-17-7-12-22(37-17)14-23(31-25(33)19-8-10-21(11-9-19)27(28,29)30)24(32)13-20(26(34)35)16-36-15-18-5-3-2-4-6-18/h2-12,14,20H,13,15-16H2,1H3,(H,31,33)(H,34,35)/b23-14+/t20-/m0/s1. The van der Waals surface area contributed by atoms with Crippen molar-refractivity contribution in [2.45, 2.75) is 25.3 Å². The summed E-state index contributed by atoms with van der Waals surface area (Å²) in [5, 5.41) is 12.2. The summed E-state index contributed by atoms with van der Waals surface area (Å²) < 4.78 is 38.5. The van der Waals surface area contributed by atoms with E-state index in [9.17, 15) is 32.7 Å². The van der Waals surface area contributed by atoms with Crippen LogP contribution in [0.3, 0.4) is 0 Å². The first kappa shape index (κ1) is 28.2. The maximum Gasteiger partial charge on any atom is 0.416 e. The van der Waals surface area contributed by atoms with Crippen LogP contribution in [0, 0.1) is 12.8 Å². The van der Waals surface area contributed by atoms with Gasteiger partial charge in [0.05, 0.1) is 17.2 Å². The molecule has 0 bridgehead atoms. The largest absolute Gasteiger partial charge is 0.481 e. The van der Waals surface area contributed by atoms with E-state index in [1.807, 2.05) is 43.3 Å². The van der Waals surface area contributed by atoms with Gasteiger partial charge < -0.3 is 10.4 Å². The molecule has 1 aromatic heterocycles. The van der Waals surface area contributed by atoms with Crippen molar-refractivity contribution in [1.82, 2.24) is 5.32 Å². The fourth-order valence-electron chi connectivity index (χ4n) is 3.31. The van der Waals surface area contributed by atoms with Gasteiger partial charge in [0.1, 0.15) is 0 Å². The summed E-state index contributed by atoms with van der Waals surface area (Å²) in [4.78, 5) is 39.4. The van der Waals surface area contributed by atoms with E-state index in [4.69, 9.17) is 0 Å². The number of thioether (sulfide) groups is 1. The van der Waals surface area contributed by atoms with E-state index in [0.29, 0.717) is 10.6 Å². The summed E-state index contributed by atoms with van der Waals surface area (Å²) in [6, 6.07) is 16.7. The Morgan fingerprint density at radius 1 is 1.03 bits per heavy atom. The second-order valence-electron chi connectivity index (χ2n) is 8.20. The zero-order chi connectivity index (χ0) is 27.0. The third-order valence-electron chi connectivity index (χ3n) is 5.28. The van der Waals surface area contributed by atoms with Gasteiger partial charge in [0, 0.05) is 33.2 Å². The molecule has 3 rings (SSSR count). The minimum Gasteiger partial charge on any atom is -0.481 e. The van der Waals surface area contributed by atoms with Crippen molar-refractivity contribution in [3.8, 4) is 0 Å². The van der Waals surface area contributed by atoms with Crippen LogP contribution >= 0.6 is 23.1 Å². The average molecular weight is 548 g/mol. The number of allylic oxidation sites excluding steroid dienone is 1. The Balaban J connectivity index is 1.75. The Bertz CT molecular complexity index is 1270. The number of alkyl halides is 3.